The highest BCUT2D eigenvalue weighted by molar-refractivity contribution is 7.17. The second-order valence-electron chi connectivity index (χ2n) is 2.20. The van der Waals surface area contributed by atoms with E-state index in [0.717, 1.165) is 6.29 Å². The molecule has 0 aromatic carbocycles. The molecule has 0 unspecified atom stereocenters. The average molecular weight is 195 g/mol. The van der Waals surface area contributed by atoms with Crippen LogP contribution < -0.4 is 5.32 Å². The van der Waals surface area contributed by atoms with Crippen LogP contribution in [0.15, 0.2) is 23.0 Å². The highest BCUT2D eigenvalue weighted by atomic mass is 32.1. The first-order chi connectivity index (χ1) is 6.38. The van der Waals surface area contributed by atoms with Gasteiger partial charge in [0.25, 0.3) is 0 Å². The Morgan fingerprint density at radius 1 is 1.62 bits per heavy atom. The summed E-state index contributed by atoms with van der Waals surface area (Å²) in [6, 6.07) is 1.67. The summed E-state index contributed by atoms with van der Waals surface area (Å²) >= 11 is 1.26. The van der Waals surface area contributed by atoms with E-state index in [9.17, 15) is 4.79 Å². The Bertz CT molecular complexity index is 396. The van der Waals surface area contributed by atoms with Gasteiger partial charge in [-0.1, -0.05) is 16.5 Å². The molecule has 0 aliphatic heterocycles. The molecule has 0 aliphatic rings. The van der Waals surface area contributed by atoms with Gasteiger partial charge < -0.3 is 9.84 Å². The van der Waals surface area contributed by atoms with E-state index in [0.29, 0.717) is 15.8 Å². The predicted molar refractivity (Wildman–Crippen MR) is 47.3 cm³/mol. The van der Waals surface area contributed by atoms with Crippen LogP contribution in [0.4, 0.5) is 10.9 Å². The molecule has 2 heterocycles. The molecule has 0 aliphatic carbocycles. The third-order valence-electron chi connectivity index (χ3n) is 1.31. The van der Waals surface area contributed by atoms with Crippen LogP contribution in [0.5, 0.6) is 0 Å². The van der Waals surface area contributed by atoms with Gasteiger partial charge in [-0.2, -0.15) is 0 Å². The number of carbonyl (C=O) groups is 1. The van der Waals surface area contributed by atoms with Crippen LogP contribution in [0.1, 0.15) is 9.67 Å². The smallest absolute Gasteiger partial charge is 0.189 e. The van der Waals surface area contributed by atoms with Gasteiger partial charge in [0.1, 0.15) is 6.26 Å². The zero-order chi connectivity index (χ0) is 9.10. The normalized spacial score (nSPS) is 9.85. The van der Waals surface area contributed by atoms with Crippen molar-refractivity contribution in [3.63, 3.8) is 0 Å². The summed E-state index contributed by atoms with van der Waals surface area (Å²) in [4.78, 5) is 14.9. The Morgan fingerprint density at radius 2 is 2.54 bits per heavy atom. The van der Waals surface area contributed by atoms with Gasteiger partial charge >= 0.3 is 0 Å². The third kappa shape index (κ3) is 1.73. The van der Waals surface area contributed by atoms with Crippen LogP contribution in [0.3, 0.4) is 0 Å². The number of nitrogens with one attached hydrogen (secondary N) is 1. The topological polar surface area (TPSA) is 68.0 Å². The van der Waals surface area contributed by atoms with Crippen LogP contribution in [-0.4, -0.2) is 16.4 Å². The molecular weight excluding hydrogens is 190 g/mol. The number of anilines is 2. The number of thiazole rings is 1. The number of rotatable bonds is 3. The first kappa shape index (κ1) is 7.93. The monoisotopic (exact) mass is 195 g/mol. The van der Waals surface area contributed by atoms with Crippen molar-refractivity contribution in [1.82, 2.24) is 10.1 Å². The highest BCUT2D eigenvalue weighted by Crippen LogP contribution is 2.19. The second kappa shape index (κ2) is 3.36. The number of aldehydes is 1. The van der Waals surface area contributed by atoms with Crippen molar-refractivity contribution < 1.29 is 9.32 Å². The molecule has 2 aromatic heterocycles. The number of aromatic nitrogens is 2. The van der Waals surface area contributed by atoms with E-state index >= 15 is 0 Å². The van der Waals surface area contributed by atoms with Crippen molar-refractivity contribution >= 4 is 28.6 Å². The summed E-state index contributed by atoms with van der Waals surface area (Å²) in [5.74, 6) is 0.576. The van der Waals surface area contributed by atoms with Gasteiger partial charge in [-0.15, -0.1) is 0 Å². The lowest BCUT2D eigenvalue weighted by atomic mass is 10.6. The standard InChI is InChI=1S/C7H5N3O2S/c11-4-5-3-8-7(13-5)9-6-1-2-12-10-6/h1-4H,(H,8,9,10). The number of hydrogen-bond donors (Lipinski definition) is 1. The molecular formula is C7H5N3O2S. The maximum Gasteiger partial charge on any atom is 0.189 e. The summed E-state index contributed by atoms with van der Waals surface area (Å²) in [6.07, 6.45) is 3.71. The van der Waals surface area contributed by atoms with Gasteiger partial charge in [-0.05, 0) is 0 Å². The maximum absolute atomic E-state index is 10.3. The van der Waals surface area contributed by atoms with E-state index in [1.807, 2.05) is 0 Å². The van der Waals surface area contributed by atoms with Gasteiger partial charge in [0.2, 0.25) is 0 Å². The molecule has 0 bridgehead atoms. The fourth-order valence-electron chi connectivity index (χ4n) is 0.785. The minimum Gasteiger partial charge on any atom is -0.363 e. The van der Waals surface area contributed by atoms with Crippen LogP contribution in [0, 0.1) is 0 Å². The van der Waals surface area contributed by atoms with Gasteiger partial charge in [-0.25, -0.2) is 4.98 Å². The minimum atomic E-state index is 0.575. The fourth-order valence-corrected chi connectivity index (χ4v) is 1.42. The van der Waals surface area contributed by atoms with Crippen LogP contribution in [-0.2, 0) is 0 Å². The highest BCUT2D eigenvalue weighted by Gasteiger charge is 2.02. The molecule has 2 aromatic rings. The van der Waals surface area contributed by atoms with Crippen molar-refractivity contribution in [2.45, 2.75) is 0 Å². The molecule has 66 valence electrons. The van der Waals surface area contributed by atoms with Crippen LogP contribution >= 0.6 is 11.3 Å². The van der Waals surface area contributed by atoms with E-state index in [2.05, 4.69) is 20.0 Å². The molecule has 2 rings (SSSR count). The van der Waals surface area contributed by atoms with E-state index in [4.69, 9.17) is 0 Å². The Labute approximate surface area is 77.4 Å². The Morgan fingerprint density at radius 3 is 3.15 bits per heavy atom. The molecule has 0 atom stereocenters. The number of hydrogen-bond acceptors (Lipinski definition) is 6. The van der Waals surface area contributed by atoms with Crippen molar-refractivity contribution in [3.8, 4) is 0 Å². The van der Waals surface area contributed by atoms with Crippen LogP contribution in [0.2, 0.25) is 0 Å². The quantitative estimate of drug-likeness (QED) is 0.755. The zero-order valence-corrected chi connectivity index (χ0v) is 7.25. The fraction of sp³-hybridized carbons (Fsp3) is 0. The zero-order valence-electron chi connectivity index (χ0n) is 6.43. The summed E-state index contributed by atoms with van der Waals surface area (Å²) in [7, 11) is 0. The van der Waals surface area contributed by atoms with E-state index in [1.54, 1.807) is 6.07 Å². The lowest BCUT2D eigenvalue weighted by Crippen LogP contribution is -1.87. The van der Waals surface area contributed by atoms with Crippen molar-refractivity contribution in [1.29, 1.82) is 0 Å². The molecule has 5 nitrogen and oxygen atoms in total. The molecule has 1 N–H and O–H groups in total. The molecule has 0 saturated carbocycles. The Balaban J connectivity index is 2.14. The molecule has 0 spiro atoms. The second-order valence-corrected chi connectivity index (χ2v) is 3.26. The summed E-state index contributed by atoms with van der Waals surface area (Å²) < 4.78 is 4.61. The maximum atomic E-state index is 10.3. The van der Waals surface area contributed by atoms with E-state index < -0.39 is 0 Å². The first-order valence-electron chi connectivity index (χ1n) is 3.47. The van der Waals surface area contributed by atoms with Gasteiger partial charge in [-0.3, -0.25) is 4.79 Å². The molecule has 0 fully saturated rings. The molecule has 13 heavy (non-hydrogen) atoms. The lowest BCUT2D eigenvalue weighted by Gasteiger charge is -1.92. The molecule has 0 radical (unpaired) electrons. The van der Waals surface area contributed by atoms with Gasteiger partial charge in [0.05, 0.1) is 11.1 Å². The summed E-state index contributed by atoms with van der Waals surface area (Å²) in [5, 5.41) is 7.14. The molecule has 0 amide bonds. The van der Waals surface area contributed by atoms with Crippen molar-refractivity contribution in [3.05, 3.63) is 23.4 Å². The van der Waals surface area contributed by atoms with Gasteiger partial charge in [0, 0.05) is 6.07 Å². The number of nitrogens with zero attached hydrogens (tertiary/aromatic N) is 2. The van der Waals surface area contributed by atoms with Gasteiger partial charge in [0.15, 0.2) is 17.2 Å². The first-order valence-corrected chi connectivity index (χ1v) is 4.28. The van der Waals surface area contributed by atoms with Crippen molar-refractivity contribution in [2.24, 2.45) is 0 Å². The SMILES string of the molecule is O=Cc1cnc(Nc2ccon2)s1. The Hall–Kier alpha value is -1.69. The third-order valence-corrected chi connectivity index (χ3v) is 2.15. The summed E-state index contributed by atoms with van der Waals surface area (Å²) in [5.41, 5.74) is 0. The van der Waals surface area contributed by atoms with Crippen molar-refractivity contribution in [2.75, 3.05) is 5.32 Å². The molecule has 0 saturated heterocycles. The summed E-state index contributed by atoms with van der Waals surface area (Å²) in [6.45, 7) is 0. The molecule has 6 heteroatoms. The lowest BCUT2D eigenvalue weighted by molar-refractivity contribution is 0.112. The van der Waals surface area contributed by atoms with Crippen LogP contribution in [0.25, 0.3) is 0 Å². The number of carbonyl (C=O) groups excluding carboxylic acids is 1. The average Bonchev–Trinajstić information content (AvgIpc) is 2.76. The van der Waals surface area contributed by atoms with E-state index in [-0.39, 0.29) is 0 Å². The predicted octanol–water partition coefficient (Wildman–Crippen LogP) is 1.69. The largest absolute Gasteiger partial charge is 0.363 e. The Kier molecular flexibility index (Phi) is 2.05. The van der Waals surface area contributed by atoms with E-state index in [1.165, 1.54) is 23.8 Å². The minimum absolute atomic E-state index is 0.575.